The van der Waals surface area contributed by atoms with Crippen molar-refractivity contribution in [3.8, 4) is 0 Å². The van der Waals surface area contributed by atoms with Crippen LogP contribution in [0.15, 0.2) is 0 Å². The largest absolute Gasteiger partial charge is 0.388 e. The molecule has 1 saturated heterocycles. The van der Waals surface area contributed by atoms with Gasteiger partial charge < -0.3 is 20.5 Å². The lowest BCUT2D eigenvalue weighted by Gasteiger charge is -2.25. The van der Waals surface area contributed by atoms with Crippen molar-refractivity contribution in [2.75, 3.05) is 19.8 Å². The van der Waals surface area contributed by atoms with E-state index in [2.05, 4.69) is 10.6 Å². The molecule has 2 amide bonds. The summed E-state index contributed by atoms with van der Waals surface area (Å²) in [5, 5.41) is 15.5. The van der Waals surface area contributed by atoms with Gasteiger partial charge in [-0.1, -0.05) is 13.8 Å². The van der Waals surface area contributed by atoms with E-state index in [1.165, 1.54) is 0 Å². The molecular formula is C11H22N2O3. The zero-order valence-corrected chi connectivity index (χ0v) is 10.1. The molecule has 0 aromatic carbocycles. The first-order valence-corrected chi connectivity index (χ1v) is 5.94. The second-order valence-electron chi connectivity index (χ2n) is 4.32. The number of carbonyl (C=O) groups is 1. The van der Waals surface area contributed by atoms with E-state index in [0.29, 0.717) is 32.6 Å². The van der Waals surface area contributed by atoms with Crippen molar-refractivity contribution in [3.63, 3.8) is 0 Å². The summed E-state index contributed by atoms with van der Waals surface area (Å²) in [7, 11) is 0. The predicted molar refractivity (Wildman–Crippen MR) is 61.3 cm³/mol. The number of ether oxygens (including phenoxy) is 1. The zero-order valence-electron chi connectivity index (χ0n) is 10.1. The third kappa shape index (κ3) is 3.98. The van der Waals surface area contributed by atoms with E-state index in [1.807, 2.05) is 13.8 Å². The van der Waals surface area contributed by atoms with Crippen LogP contribution in [0.2, 0.25) is 0 Å². The Bertz CT molecular complexity index is 223. The molecule has 3 N–H and O–H groups in total. The highest BCUT2D eigenvalue weighted by Gasteiger charge is 2.24. The molecule has 1 rings (SSSR count). The predicted octanol–water partition coefficient (Wildman–Crippen LogP) is 0.626. The minimum absolute atomic E-state index is 0.108. The Morgan fingerprint density at radius 3 is 2.69 bits per heavy atom. The van der Waals surface area contributed by atoms with Gasteiger partial charge in [-0.25, -0.2) is 4.79 Å². The summed E-state index contributed by atoms with van der Waals surface area (Å²) in [6.45, 7) is 5.40. The molecule has 0 bridgehead atoms. The number of nitrogens with one attached hydrogen (secondary N) is 2. The first kappa shape index (κ1) is 13.3. The SMILES string of the molecule is CCC(O)(CC)CNC(=O)NC1CCOC1. The maximum absolute atomic E-state index is 11.5. The first-order chi connectivity index (χ1) is 7.59. The number of aliphatic hydroxyl groups is 1. The van der Waals surface area contributed by atoms with Crippen molar-refractivity contribution in [1.29, 1.82) is 0 Å². The molecule has 1 atom stereocenters. The van der Waals surface area contributed by atoms with Crippen molar-refractivity contribution in [1.82, 2.24) is 10.6 Å². The maximum Gasteiger partial charge on any atom is 0.315 e. The van der Waals surface area contributed by atoms with Gasteiger partial charge in [0.15, 0.2) is 0 Å². The van der Waals surface area contributed by atoms with Crippen LogP contribution in [-0.4, -0.2) is 42.5 Å². The molecule has 1 unspecified atom stereocenters. The lowest BCUT2D eigenvalue weighted by Crippen LogP contribution is -2.48. The van der Waals surface area contributed by atoms with Gasteiger partial charge in [0.05, 0.1) is 18.2 Å². The smallest absolute Gasteiger partial charge is 0.315 e. The van der Waals surface area contributed by atoms with Gasteiger partial charge in [-0.15, -0.1) is 0 Å². The summed E-state index contributed by atoms with van der Waals surface area (Å²) in [6.07, 6.45) is 2.13. The van der Waals surface area contributed by atoms with Crippen LogP contribution >= 0.6 is 0 Å². The molecule has 0 aromatic heterocycles. The van der Waals surface area contributed by atoms with Crippen molar-refractivity contribution < 1.29 is 14.6 Å². The van der Waals surface area contributed by atoms with Gasteiger partial charge in [0, 0.05) is 13.2 Å². The van der Waals surface area contributed by atoms with Crippen molar-refractivity contribution >= 4 is 6.03 Å². The molecule has 0 spiro atoms. The Morgan fingerprint density at radius 1 is 1.50 bits per heavy atom. The molecule has 1 aliphatic heterocycles. The van der Waals surface area contributed by atoms with E-state index < -0.39 is 5.60 Å². The Balaban J connectivity index is 2.23. The molecule has 0 radical (unpaired) electrons. The van der Waals surface area contributed by atoms with Crippen LogP contribution in [-0.2, 0) is 4.74 Å². The molecule has 1 aliphatic rings. The summed E-state index contributed by atoms with van der Waals surface area (Å²) in [6, 6.07) is -0.118. The summed E-state index contributed by atoms with van der Waals surface area (Å²) in [4.78, 5) is 11.5. The van der Waals surface area contributed by atoms with Crippen LogP contribution in [0, 0.1) is 0 Å². The average Bonchev–Trinajstić information content (AvgIpc) is 2.79. The third-order valence-electron chi connectivity index (χ3n) is 3.16. The maximum atomic E-state index is 11.5. The number of rotatable bonds is 5. The van der Waals surface area contributed by atoms with E-state index in [-0.39, 0.29) is 12.1 Å². The Morgan fingerprint density at radius 2 is 2.19 bits per heavy atom. The minimum atomic E-state index is -0.788. The minimum Gasteiger partial charge on any atom is -0.388 e. The van der Waals surface area contributed by atoms with E-state index in [9.17, 15) is 9.90 Å². The van der Waals surface area contributed by atoms with Crippen molar-refractivity contribution in [3.05, 3.63) is 0 Å². The lowest BCUT2D eigenvalue weighted by atomic mass is 9.98. The molecular weight excluding hydrogens is 208 g/mol. The van der Waals surface area contributed by atoms with Crippen LogP contribution in [0.5, 0.6) is 0 Å². The van der Waals surface area contributed by atoms with Crippen LogP contribution in [0.25, 0.3) is 0 Å². The van der Waals surface area contributed by atoms with E-state index >= 15 is 0 Å². The van der Waals surface area contributed by atoms with Crippen LogP contribution in [0.1, 0.15) is 33.1 Å². The molecule has 1 fully saturated rings. The van der Waals surface area contributed by atoms with Crippen LogP contribution < -0.4 is 10.6 Å². The molecule has 5 heteroatoms. The summed E-state index contributed by atoms with van der Waals surface area (Å²) in [5.74, 6) is 0. The van der Waals surface area contributed by atoms with Gasteiger partial charge in [0.25, 0.3) is 0 Å². The van der Waals surface area contributed by atoms with Gasteiger partial charge in [0.2, 0.25) is 0 Å². The molecule has 0 aromatic rings. The monoisotopic (exact) mass is 230 g/mol. The number of amides is 2. The molecule has 1 heterocycles. The highest BCUT2D eigenvalue weighted by molar-refractivity contribution is 5.74. The Hall–Kier alpha value is -0.810. The molecule has 94 valence electrons. The highest BCUT2D eigenvalue weighted by atomic mass is 16.5. The fourth-order valence-corrected chi connectivity index (χ4v) is 1.63. The number of hydrogen-bond donors (Lipinski definition) is 3. The third-order valence-corrected chi connectivity index (χ3v) is 3.16. The van der Waals surface area contributed by atoms with Crippen molar-refractivity contribution in [2.24, 2.45) is 0 Å². The fourth-order valence-electron chi connectivity index (χ4n) is 1.63. The highest BCUT2D eigenvalue weighted by Crippen LogP contribution is 2.12. The fraction of sp³-hybridized carbons (Fsp3) is 0.909. The van der Waals surface area contributed by atoms with Gasteiger partial charge in [-0.05, 0) is 19.3 Å². The zero-order chi connectivity index (χ0) is 12.0. The number of carbonyl (C=O) groups excluding carboxylic acids is 1. The normalized spacial score (nSPS) is 20.8. The van der Waals surface area contributed by atoms with Gasteiger partial charge in [-0.2, -0.15) is 0 Å². The Labute approximate surface area is 96.6 Å². The van der Waals surface area contributed by atoms with Gasteiger partial charge in [0.1, 0.15) is 0 Å². The standard InChI is InChI=1S/C11H22N2O3/c1-3-11(15,4-2)8-12-10(14)13-9-5-6-16-7-9/h9,15H,3-8H2,1-2H3,(H2,12,13,14). The topological polar surface area (TPSA) is 70.6 Å². The molecule has 16 heavy (non-hydrogen) atoms. The van der Waals surface area contributed by atoms with E-state index in [0.717, 1.165) is 6.42 Å². The lowest BCUT2D eigenvalue weighted by molar-refractivity contribution is 0.0348. The van der Waals surface area contributed by atoms with Crippen LogP contribution in [0.4, 0.5) is 4.79 Å². The second kappa shape index (κ2) is 6.06. The van der Waals surface area contributed by atoms with Crippen molar-refractivity contribution in [2.45, 2.75) is 44.8 Å². The van der Waals surface area contributed by atoms with E-state index in [4.69, 9.17) is 4.74 Å². The first-order valence-electron chi connectivity index (χ1n) is 5.94. The quantitative estimate of drug-likeness (QED) is 0.648. The van der Waals surface area contributed by atoms with E-state index in [1.54, 1.807) is 0 Å². The second-order valence-corrected chi connectivity index (χ2v) is 4.32. The summed E-state index contributed by atoms with van der Waals surface area (Å²) < 4.78 is 5.15. The summed E-state index contributed by atoms with van der Waals surface area (Å²) >= 11 is 0. The molecule has 0 saturated carbocycles. The number of urea groups is 1. The Kier molecular flexibility index (Phi) is 5.02. The van der Waals surface area contributed by atoms with Gasteiger partial charge in [-0.3, -0.25) is 0 Å². The molecule has 0 aliphatic carbocycles. The number of hydrogen-bond acceptors (Lipinski definition) is 3. The summed E-state index contributed by atoms with van der Waals surface area (Å²) in [5.41, 5.74) is -0.788. The average molecular weight is 230 g/mol. The molecule has 5 nitrogen and oxygen atoms in total. The van der Waals surface area contributed by atoms with Gasteiger partial charge >= 0.3 is 6.03 Å². The van der Waals surface area contributed by atoms with Crippen LogP contribution in [0.3, 0.4) is 0 Å².